The Kier molecular flexibility index (Phi) is 4.29. The second-order valence-corrected chi connectivity index (χ2v) is 9.91. The van der Waals surface area contributed by atoms with Crippen LogP contribution in [0, 0.1) is 11.3 Å². The van der Waals surface area contributed by atoms with E-state index in [9.17, 15) is 0 Å². The van der Waals surface area contributed by atoms with E-state index in [0.717, 1.165) is 18.5 Å². The van der Waals surface area contributed by atoms with E-state index in [1.165, 1.54) is 34.6 Å². The summed E-state index contributed by atoms with van der Waals surface area (Å²) in [6.07, 6.45) is 2.86. The molecule has 2 aliphatic rings. The zero-order valence-electron chi connectivity index (χ0n) is 12.7. The van der Waals surface area contributed by atoms with Crippen molar-refractivity contribution in [3.05, 3.63) is 20.8 Å². The molecule has 1 aromatic rings. The first-order valence-corrected chi connectivity index (χ1v) is 9.26. The molecule has 0 aromatic carbocycles. The van der Waals surface area contributed by atoms with Crippen molar-refractivity contribution < 1.29 is 0 Å². The average Bonchev–Trinajstić information content (AvgIpc) is 3.12. The summed E-state index contributed by atoms with van der Waals surface area (Å²) in [7, 11) is 0. The molecular formula is C16H25BrN2S. The highest BCUT2D eigenvalue weighted by molar-refractivity contribution is 9.11. The molecule has 2 atom stereocenters. The molecule has 0 amide bonds. The summed E-state index contributed by atoms with van der Waals surface area (Å²) in [5.74, 6) is 0.937. The predicted octanol–water partition coefficient (Wildman–Crippen LogP) is 4.11. The van der Waals surface area contributed by atoms with Gasteiger partial charge in [0, 0.05) is 36.6 Å². The zero-order chi connectivity index (χ0) is 14.3. The standard InChI is InChI=1S/C16H25BrN2S/c1-16(2,3)14-10-19(9-12-6-7-15(17)20-12)13(8-18-14)11-4-5-11/h6-7,11,13-14,18H,4-5,8-10H2,1-3H3. The van der Waals surface area contributed by atoms with Crippen molar-refractivity contribution in [2.45, 2.75) is 52.2 Å². The highest BCUT2D eigenvalue weighted by Gasteiger charge is 2.41. The van der Waals surface area contributed by atoms with Gasteiger partial charge >= 0.3 is 0 Å². The van der Waals surface area contributed by atoms with Crippen molar-refractivity contribution in [1.29, 1.82) is 0 Å². The van der Waals surface area contributed by atoms with Crippen LogP contribution in [-0.4, -0.2) is 30.1 Å². The van der Waals surface area contributed by atoms with Gasteiger partial charge in [0.2, 0.25) is 0 Å². The maximum atomic E-state index is 3.80. The zero-order valence-corrected chi connectivity index (χ0v) is 15.1. The van der Waals surface area contributed by atoms with E-state index in [-0.39, 0.29) is 0 Å². The van der Waals surface area contributed by atoms with Crippen molar-refractivity contribution in [2.75, 3.05) is 13.1 Å². The number of hydrogen-bond donors (Lipinski definition) is 1. The van der Waals surface area contributed by atoms with E-state index in [2.05, 4.69) is 59.1 Å². The summed E-state index contributed by atoms with van der Waals surface area (Å²) in [4.78, 5) is 4.22. The monoisotopic (exact) mass is 356 g/mol. The molecule has 2 nitrogen and oxygen atoms in total. The van der Waals surface area contributed by atoms with Crippen LogP contribution in [-0.2, 0) is 6.54 Å². The highest BCUT2D eigenvalue weighted by Crippen LogP contribution is 2.38. The lowest BCUT2D eigenvalue weighted by Crippen LogP contribution is -2.60. The molecule has 0 bridgehead atoms. The molecule has 2 unspecified atom stereocenters. The molecule has 2 heterocycles. The smallest absolute Gasteiger partial charge is 0.0701 e. The van der Waals surface area contributed by atoms with Gasteiger partial charge in [-0.15, -0.1) is 11.3 Å². The maximum absolute atomic E-state index is 3.80. The van der Waals surface area contributed by atoms with Crippen molar-refractivity contribution in [1.82, 2.24) is 10.2 Å². The van der Waals surface area contributed by atoms with Gasteiger partial charge in [0.05, 0.1) is 3.79 Å². The normalized spacial score (nSPS) is 28.8. The molecule has 1 aliphatic heterocycles. The third-order valence-electron chi connectivity index (χ3n) is 4.66. The minimum atomic E-state index is 0.336. The van der Waals surface area contributed by atoms with Crippen molar-refractivity contribution >= 4 is 27.3 Å². The summed E-state index contributed by atoms with van der Waals surface area (Å²) in [6.45, 7) is 10.5. The molecule has 2 fully saturated rings. The van der Waals surface area contributed by atoms with Gasteiger partial charge in [-0.05, 0) is 52.2 Å². The van der Waals surface area contributed by atoms with E-state index in [1.807, 2.05) is 11.3 Å². The van der Waals surface area contributed by atoms with Crippen molar-refractivity contribution in [3.8, 4) is 0 Å². The number of halogens is 1. The Bertz CT molecular complexity index is 461. The third kappa shape index (κ3) is 3.46. The van der Waals surface area contributed by atoms with Gasteiger partial charge in [-0.1, -0.05) is 20.8 Å². The SMILES string of the molecule is CC(C)(C)C1CN(Cc2ccc(Br)s2)C(C2CC2)CN1. The average molecular weight is 357 g/mol. The summed E-state index contributed by atoms with van der Waals surface area (Å²) in [6, 6.07) is 5.79. The fourth-order valence-corrected chi connectivity index (χ4v) is 4.68. The Balaban J connectivity index is 1.71. The van der Waals surface area contributed by atoms with Crippen LogP contribution in [0.2, 0.25) is 0 Å². The number of rotatable bonds is 3. The first-order chi connectivity index (χ1) is 9.43. The summed E-state index contributed by atoms with van der Waals surface area (Å²) in [5.41, 5.74) is 0.336. The molecule has 4 heteroatoms. The lowest BCUT2D eigenvalue weighted by Gasteiger charge is -2.45. The van der Waals surface area contributed by atoms with Crippen LogP contribution in [0.25, 0.3) is 0 Å². The third-order valence-corrected chi connectivity index (χ3v) is 6.27. The Morgan fingerprint density at radius 3 is 2.65 bits per heavy atom. The number of piperazine rings is 1. The van der Waals surface area contributed by atoms with E-state index in [1.54, 1.807) is 0 Å². The molecule has 1 aliphatic carbocycles. The van der Waals surface area contributed by atoms with Crippen LogP contribution >= 0.6 is 27.3 Å². The summed E-state index contributed by atoms with van der Waals surface area (Å²) >= 11 is 5.46. The lowest BCUT2D eigenvalue weighted by atomic mass is 9.84. The van der Waals surface area contributed by atoms with Gasteiger partial charge in [0.15, 0.2) is 0 Å². The van der Waals surface area contributed by atoms with Crippen molar-refractivity contribution in [3.63, 3.8) is 0 Å². The minimum absolute atomic E-state index is 0.336. The fraction of sp³-hybridized carbons (Fsp3) is 0.750. The topological polar surface area (TPSA) is 15.3 Å². The molecule has 0 radical (unpaired) electrons. The summed E-state index contributed by atoms with van der Waals surface area (Å²) in [5, 5.41) is 3.80. The molecule has 112 valence electrons. The molecule has 0 spiro atoms. The molecular weight excluding hydrogens is 332 g/mol. The second kappa shape index (κ2) is 5.71. The van der Waals surface area contributed by atoms with Crippen LogP contribution in [0.15, 0.2) is 15.9 Å². The Morgan fingerprint density at radius 2 is 2.10 bits per heavy atom. The van der Waals surface area contributed by atoms with Gasteiger partial charge in [-0.2, -0.15) is 0 Å². The van der Waals surface area contributed by atoms with Crippen LogP contribution in [0.4, 0.5) is 0 Å². The van der Waals surface area contributed by atoms with E-state index < -0.39 is 0 Å². The molecule has 1 N–H and O–H groups in total. The molecule has 3 rings (SSSR count). The van der Waals surface area contributed by atoms with Gasteiger partial charge in [-0.3, -0.25) is 4.90 Å². The lowest BCUT2D eigenvalue weighted by molar-refractivity contribution is 0.0697. The fourth-order valence-electron chi connectivity index (χ4n) is 3.17. The minimum Gasteiger partial charge on any atom is -0.311 e. The van der Waals surface area contributed by atoms with Crippen molar-refractivity contribution in [2.24, 2.45) is 11.3 Å². The number of thiophene rings is 1. The quantitative estimate of drug-likeness (QED) is 0.876. The molecule has 20 heavy (non-hydrogen) atoms. The first-order valence-electron chi connectivity index (χ1n) is 7.65. The van der Waals surface area contributed by atoms with Crippen LogP contribution < -0.4 is 5.32 Å². The molecule has 1 saturated carbocycles. The van der Waals surface area contributed by atoms with Crippen LogP contribution in [0.5, 0.6) is 0 Å². The number of nitrogens with zero attached hydrogens (tertiary/aromatic N) is 1. The molecule has 1 saturated heterocycles. The van der Waals surface area contributed by atoms with E-state index in [4.69, 9.17) is 0 Å². The summed E-state index contributed by atoms with van der Waals surface area (Å²) < 4.78 is 1.25. The van der Waals surface area contributed by atoms with E-state index in [0.29, 0.717) is 11.5 Å². The maximum Gasteiger partial charge on any atom is 0.0701 e. The largest absolute Gasteiger partial charge is 0.311 e. The molecule has 1 aromatic heterocycles. The highest BCUT2D eigenvalue weighted by atomic mass is 79.9. The van der Waals surface area contributed by atoms with E-state index >= 15 is 0 Å². The van der Waals surface area contributed by atoms with Crippen LogP contribution in [0.1, 0.15) is 38.5 Å². The second-order valence-electron chi connectivity index (χ2n) is 7.37. The first kappa shape index (κ1) is 15.0. The number of hydrogen-bond acceptors (Lipinski definition) is 3. The Hall–Kier alpha value is 0.1000. The number of nitrogens with one attached hydrogen (secondary N) is 1. The van der Waals surface area contributed by atoms with Gasteiger partial charge < -0.3 is 5.32 Å². The predicted molar refractivity (Wildman–Crippen MR) is 90.2 cm³/mol. The van der Waals surface area contributed by atoms with Gasteiger partial charge in [-0.25, -0.2) is 0 Å². The van der Waals surface area contributed by atoms with Gasteiger partial charge in [0.25, 0.3) is 0 Å². The Morgan fingerprint density at radius 1 is 1.35 bits per heavy atom. The van der Waals surface area contributed by atoms with Crippen LogP contribution in [0.3, 0.4) is 0 Å². The Labute approximate surface area is 135 Å². The van der Waals surface area contributed by atoms with Gasteiger partial charge in [0.1, 0.15) is 0 Å².